The Labute approximate surface area is 125 Å². The number of thioether (sulfide) groups is 1. The zero-order valence-corrected chi connectivity index (χ0v) is 12.0. The molecule has 0 aliphatic rings. The molecule has 0 unspecified atom stereocenters. The smallest absolute Gasteiger partial charge is 0.269 e. The highest BCUT2D eigenvalue weighted by molar-refractivity contribution is 7.99. The molecule has 0 aliphatic carbocycles. The van der Waals surface area contributed by atoms with E-state index in [2.05, 4.69) is 10.2 Å². The van der Waals surface area contributed by atoms with Crippen LogP contribution >= 0.6 is 11.8 Å². The third kappa shape index (κ3) is 2.73. The zero-order chi connectivity index (χ0) is 14.8. The highest BCUT2D eigenvalue weighted by Gasteiger charge is 2.15. The Morgan fingerprint density at radius 2 is 2.10 bits per heavy atom. The van der Waals surface area contributed by atoms with Gasteiger partial charge in [0.2, 0.25) is 0 Å². The Balaban J connectivity index is 1.87. The second-order valence-corrected chi connectivity index (χ2v) is 5.83. The zero-order valence-electron chi connectivity index (χ0n) is 11.2. The van der Waals surface area contributed by atoms with Gasteiger partial charge in [-0.15, -0.1) is 10.2 Å². The molecule has 0 saturated heterocycles. The van der Waals surface area contributed by atoms with Gasteiger partial charge in [0.1, 0.15) is 0 Å². The molecule has 0 radical (unpaired) electrons. The molecule has 3 aromatic rings. The van der Waals surface area contributed by atoms with Gasteiger partial charge in [0, 0.05) is 23.6 Å². The first-order valence-electron chi connectivity index (χ1n) is 6.36. The van der Waals surface area contributed by atoms with E-state index in [1.807, 2.05) is 41.8 Å². The predicted octanol–water partition coefficient (Wildman–Crippen LogP) is 3.49. The summed E-state index contributed by atoms with van der Waals surface area (Å²) in [6.07, 6.45) is 1.90. The normalized spacial score (nSPS) is 12.4. The molecular weight excluding hydrogens is 288 g/mol. The number of nitrogens with zero attached hydrogens (tertiary/aromatic N) is 4. The van der Waals surface area contributed by atoms with Gasteiger partial charge in [-0.1, -0.05) is 30.0 Å². The van der Waals surface area contributed by atoms with Crippen molar-refractivity contribution in [2.45, 2.75) is 17.3 Å². The molecule has 1 atom stereocenters. The molecule has 0 amide bonds. The number of fused-ring (bicyclic) bond motifs is 1. The fraction of sp³-hybridized carbons (Fsp3) is 0.143. The van der Waals surface area contributed by atoms with Gasteiger partial charge in [0.15, 0.2) is 10.8 Å². The summed E-state index contributed by atoms with van der Waals surface area (Å²) >= 11 is 1.52. The second kappa shape index (κ2) is 5.53. The lowest BCUT2D eigenvalue weighted by molar-refractivity contribution is -0.384. The van der Waals surface area contributed by atoms with Crippen LogP contribution in [0.1, 0.15) is 17.7 Å². The molecule has 0 fully saturated rings. The molecule has 1 aromatic carbocycles. The lowest BCUT2D eigenvalue weighted by atomic mass is 10.1. The van der Waals surface area contributed by atoms with Crippen molar-refractivity contribution in [2.24, 2.45) is 0 Å². The topological polar surface area (TPSA) is 73.3 Å². The van der Waals surface area contributed by atoms with Crippen LogP contribution in [0.15, 0.2) is 53.8 Å². The van der Waals surface area contributed by atoms with E-state index in [1.165, 1.54) is 17.8 Å². The number of nitro benzene ring substituents is 1. The molecule has 0 aliphatic heterocycles. The van der Waals surface area contributed by atoms with Gasteiger partial charge >= 0.3 is 0 Å². The average Bonchev–Trinajstić information content (AvgIpc) is 2.91. The summed E-state index contributed by atoms with van der Waals surface area (Å²) in [5.41, 5.74) is 1.78. The number of hydrogen-bond acceptors (Lipinski definition) is 5. The Hall–Kier alpha value is -2.41. The lowest BCUT2D eigenvalue weighted by Crippen LogP contribution is -1.94. The summed E-state index contributed by atoms with van der Waals surface area (Å²) < 4.78 is 1.90. The summed E-state index contributed by atoms with van der Waals surface area (Å²) in [7, 11) is 0. The molecule has 0 saturated carbocycles. The van der Waals surface area contributed by atoms with Gasteiger partial charge in [0.05, 0.1) is 4.92 Å². The first-order valence-corrected chi connectivity index (χ1v) is 7.24. The molecular formula is C14H12N4O2S. The average molecular weight is 300 g/mol. The monoisotopic (exact) mass is 300 g/mol. The minimum absolute atomic E-state index is 0.0394. The Bertz CT molecular complexity index is 802. The Morgan fingerprint density at radius 3 is 2.90 bits per heavy atom. The highest BCUT2D eigenvalue weighted by atomic mass is 32.2. The lowest BCUT2D eigenvalue weighted by Gasteiger charge is -2.09. The third-order valence-corrected chi connectivity index (χ3v) is 4.23. The molecule has 0 spiro atoms. The largest absolute Gasteiger partial charge is 0.277 e. The summed E-state index contributed by atoms with van der Waals surface area (Å²) in [6.45, 7) is 1.99. The van der Waals surface area contributed by atoms with Crippen molar-refractivity contribution in [1.29, 1.82) is 0 Å². The molecule has 7 heteroatoms. The number of non-ortho nitro benzene ring substituents is 1. The minimum atomic E-state index is -0.382. The predicted molar refractivity (Wildman–Crippen MR) is 80.4 cm³/mol. The van der Waals surface area contributed by atoms with Gasteiger partial charge in [-0.2, -0.15) is 0 Å². The first-order chi connectivity index (χ1) is 10.1. The summed E-state index contributed by atoms with van der Waals surface area (Å²) in [5.74, 6) is 0. The van der Waals surface area contributed by atoms with Crippen LogP contribution in [0.2, 0.25) is 0 Å². The molecule has 0 N–H and O–H groups in total. The van der Waals surface area contributed by atoms with Gasteiger partial charge in [-0.05, 0) is 24.6 Å². The molecule has 3 rings (SSSR count). The quantitative estimate of drug-likeness (QED) is 0.419. The van der Waals surface area contributed by atoms with E-state index in [1.54, 1.807) is 12.1 Å². The SMILES string of the molecule is C[C@H](Sc1nnc2ccccn12)c1cccc([N+](=O)[O-])c1. The van der Waals surface area contributed by atoms with E-state index >= 15 is 0 Å². The molecule has 2 heterocycles. The first kappa shape index (κ1) is 13.6. The van der Waals surface area contributed by atoms with Gasteiger partial charge < -0.3 is 0 Å². The maximum Gasteiger partial charge on any atom is 0.269 e. The van der Waals surface area contributed by atoms with Crippen LogP contribution in [0.5, 0.6) is 0 Å². The standard InChI is InChI=1S/C14H12N4O2S/c1-10(11-5-4-6-12(9-11)18(19)20)21-14-16-15-13-7-2-3-8-17(13)14/h2-10H,1H3/t10-/m0/s1. The van der Waals surface area contributed by atoms with Crippen molar-refractivity contribution >= 4 is 23.1 Å². The van der Waals surface area contributed by atoms with Crippen LogP contribution in [0.3, 0.4) is 0 Å². The molecule has 106 valence electrons. The van der Waals surface area contributed by atoms with E-state index in [0.29, 0.717) is 0 Å². The van der Waals surface area contributed by atoms with Crippen LogP contribution in [-0.2, 0) is 0 Å². The van der Waals surface area contributed by atoms with E-state index < -0.39 is 0 Å². The van der Waals surface area contributed by atoms with E-state index in [9.17, 15) is 10.1 Å². The number of pyridine rings is 1. The van der Waals surface area contributed by atoms with Crippen molar-refractivity contribution < 1.29 is 4.92 Å². The minimum Gasteiger partial charge on any atom is -0.277 e. The van der Waals surface area contributed by atoms with Crippen LogP contribution in [0.4, 0.5) is 5.69 Å². The Morgan fingerprint density at radius 1 is 1.24 bits per heavy atom. The van der Waals surface area contributed by atoms with Gasteiger partial charge in [-0.25, -0.2) is 0 Å². The number of aromatic nitrogens is 3. The van der Waals surface area contributed by atoms with Gasteiger partial charge in [0.25, 0.3) is 5.69 Å². The molecule has 0 bridgehead atoms. The summed E-state index contributed by atoms with van der Waals surface area (Å²) in [4.78, 5) is 10.5. The molecule has 2 aromatic heterocycles. The summed E-state index contributed by atoms with van der Waals surface area (Å²) in [5, 5.41) is 19.9. The maximum absolute atomic E-state index is 10.8. The molecule has 21 heavy (non-hydrogen) atoms. The van der Waals surface area contributed by atoms with Crippen LogP contribution in [0, 0.1) is 10.1 Å². The third-order valence-electron chi connectivity index (χ3n) is 3.12. The number of benzene rings is 1. The number of nitro groups is 1. The van der Waals surface area contributed by atoms with Crippen molar-refractivity contribution in [2.75, 3.05) is 0 Å². The fourth-order valence-electron chi connectivity index (χ4n) is 2.02. The van der Waals surface area contributed by atoms with Crippen molar-refractivity contribution in [3.8, 4) is 0 Å². The van der Waals surface area contributed by atoms with E-state index in [4.69, 9.17) is 0 Å². The van der Waals surface area contributed by atoms with E-state index in [0.717, 1.165) is 16.4 Å². The van der Waals surface area contributed by atoms with Crippen LogP contribution < -0.4 is 0 Å². The van der Waals surface area contributed by atoms with Crippen LogP contribution in [0.25, 0.3) is 5.65 Å². The highest BCUT2D eigenvalue weighted by Crippen LogP contribution is 2.34. The maximum atomic E-state index is 10.8. The number of hydrogen-bond donors (Lipinski definition) is 0. The van der Waals surface area contributed by atoms with Crippen LogP contribution in [-0.4, -0.2) is 19.5 Å². The van der Waals surface area contributed by atoms with Gasteiger partial charge in [-0.3, -0.25) is 14.5 Å². The number of rotatable bonds is 4. The fourth-order valence-corrected chi connectivity index (χ4v) is 2.97. The molecule has 6 nitrogen and oxygen atoms in total. The van der Waals surface area contributed by atoms with Crippen molar-refractivity contribution in [3.63, 3.8) is 0 Å². The van der Waals surface area contributed by atoms with Crippen molar-refractivity contribution in [3.05, 3.63) is 64.3 Å². The summed E-state index contributed by atoms with van der Waals surface area (Å²) in [6, 6.07) is 12.4. The second-order valence-electron chi connectivity index (χ2n) is 4.52. The van der Waals surface area contributed by atoms with Crippen molar-refractivity contribution in [1.82, 2.24) is 14.6 Å². The Kier molecular flexibility index (Phi) is 3.57. The van der Waals surface area contributed by atoms with E-state index in [-0.39, 0.29) is 15.9 Å².